The topological polar surface area (TPSA) is 52.6 Å². The molecule has 0 bridgehead atoms. The summed E-state index contributed by atoms with van der Waals surface area (Å²) in [5.41, 5.74) is 2.39. The highest BCUT2D eigenvalue weighted by Crippen LogP contribution is 2.12. The third-order valence-corrected chi connectivity index (χ3v) is 4.05. The van der Waals surface area contributed by atoms with Crippen LogP contribution in [-0.2, 0) is 12.3 Å². The number of carbonyl (C=O) groups excluding carboxylic acids is 1. The molecule has 110 valence electrons. The molecule has 1 aliphatic rings. The quantitative estimate of drug-likeness (QED) is 0.895. The lowest BCUT2D eigenvalue weighted by Gasteiger charge is -2.30. The van der Waals surface area contributed by atoms with E-state index >= 15 is 0 Å². The van der Waals surface area contributed by atoms with Crippen LogP contribution in [0.5, 0.6) is 0 Å². The molecule has 1 fully saturated rings. The SMILES string of the molecule is CSCc1cccc(CNC(=O)N2CCCC(O)C2)c1. The molecule has 2 N–H and O–H groups in total. The zero-order valence-corrected chi connectivity index (χ0v) is 12.7. The van der Waals surface area contributed by atoms with Crippen molar-refractivity contribution >= 4 is 17.8 Å². The van der Waals surface area contributed by atoms with E-state index in [2.05, 4.69) is 23.7 Å². The Labute approximate surface area is 124 Å². The molecule has 5 heteroatoms. The van der Waals surface area contributed by atoms with Gasteiger partial charge in [0, 0.05) is 25.4 Å². The molecule has 0 saturated carbocycles. The number of aliphatic hydroxyl groups is 1. The number of carbonyl (C=O) groups is 1. The number of urea groups is 1. The molecule has 1 saturated heterocycles. The van der Waals surface area contributed by atoms with Gasteiger partial charge in [-0.2, -0.15) is 11.8 Å². The lowest BCUT2D eigenvalue weighted by Crippen LogP contribution is -2.46. The summed E-state index contributed by atoms with van der Waals surface area (Å²) in [6.45, 7) is 1.71. The fourth-order valence-corrected chi connectivity index (χ4v) is 2.94. The predicted octanol–water partition coefficient (Wildman–Crippen LogP) is 2.22. The van der Waals surface area contributed by atoms with Crippen LogP contribution in [0.2, 0.25) is 0 Å². The Kier molecular flexibility index (Phi) is 5.73. The highest BCUT2D eigenvalue weighted by Gasteiger charge is 2.21. The minimum atomic E-state index is -0.376. The van der Waals surface area contributed by atoms with E-state index in [1.807, 2.05) is 12.1 Å². The van der Waals surface area contributed by atoms with Crippen LogP contribution in [0.15, 0.2) is 24.3 Å². The van der Waals surface area contributed by atoms with Gasteiger partial charge >= 0.3 is 6.03 Å². The molecule has 2 amide bonds. The number of rotatable bonds is 4. The van der Waals surface area contributed by atoms with Crippen LogP contribution in [0.25, 0.3) is 0 Å². The molecular weight excluding hydrogens is 272 g/mol. The van der Waals surface area contributed by atoms with E-state index in [4.69, 9.17) is 0 Å². The van der Waals surface area contributed by atoms with Crippen LogP contribution in [0.1, 0.15) is 24.0 Å². The number of aliphatic hydroxyl groups excluding tert-OH is 1. The third-order valence-electron chi connectivity index (χ3n) is 3.43. The van der Waals surface area contributed by atoms with Gasteiger partial charge in [0.05, 0.1) is 6.10 Å². The number of nitrogens with zero attached hydrogens (tertiary/aromatic N) is 1. The summed E-state index contributed by atoms with van der Waals surface area (Å²) in [6, 6.07) is 8.19. The predicted molar refractivity (Wildman–Crippen MR) is 82.7 cm³/mol. The molecule has 0 aromatic heterocycles. The number of hydrogen-bond acceptors (Lipinski definition) is 3. The normalized spacial score (nSPS) is 18.9. The molecule has 0 spiro atoms. The second-order valence-electron chi connectivity index (χ2n) is 5.15. The first-order chi connectivity index (χ1) is 9.69. The Hall–Kier alpha value is -1.20. The summed E-state index contributed by atoms with van der Waals surface area (Å²) >= 11 is 1.79. The van der Waals surface area contributed by atoms with Crippen LogP contribution >= 0.6 is 11.8 Å². The summed E-state index contributed by atoms with van der Waals surface area (Å²) in [4.78, 5) is 13.7. The lowest BCUT2D eigenvalue weighted by molar-refractivity contribution is 0.0842. The van der Waals surface area contributed by atoms with Crippen molar-refractivity contribution in [1.82, 2.24) is 10.2 Å². The summed E-state index contributed by atoms with van der Waals surface area (Å²) in [7, 11) is 0. The first-order valence-corrected chi connectivity index (χ1v) is 8.36. The Bertz CT molecular complexity index is 453. The van der Waals surface area contributed by atoms with Gasteiger partial charge in [0.2, 0.25) is 0 Å². The number of benzene rings is 1. The third kappa shape index (κ3) is 4.42. The van der Waals surface area contributed by atoms with Gasteiger partial charge in [-0.05, 0) is 30.2 Å². The van der Waals surface area contributed by atoms with Gasteiger partial charge < -0.3 is 15.3 Å². The average molecular weight is 294 g/mol. The fourth-order valence-electron chi connectivity index (χ4n) is 2.42. The van der Waals surface area contributed by atoms with E-state index in [-0.39, 0.29) is 12.1 Å². The monoisotopic (exact) mass is 294 g/mol. The van der Waals surface area contributed by atoms with Gasteiger partial charge in [-0.3, -0.25) is 0 Å². The van der Waals surface area contributed by atoms with Crippen LogP contribution in [0.4, 0.5) is 4.79 Å². The summed E-state index contributed by atoms with van der Waals surface area (Å²) in [5.74, 6) is 0.986. The minimum absolute atomic E-state index is 0.0842. The van der Waals surface area contributed by atoms with E-state index < -0.39 is 0 Å². The second kappa shape index (κ2) is 7.55. The van der Waals surface area contributed by atoms with Gasteiger partial charge in [-0.15, -0.1) is 0 Å². The molecule has 1 aromatic rings. The summed E-state index contributed by atoms with van der Waals surface area (Å²) in [5, 5.41) is 12.5. The maximum Gasteiger partial charge on any atom is 0.317 e. The van der Waals surface area contributed by atoms with Gasteiger partial charge in [0.15, 0.2) is 0 Å². The lowest BCUT2D eigenvalue weighted by atomic mass is 10.1. The van der Waals surface area contributed by atoms with E-state index in [0.29, 0.717) is 13.1 Å². The van der Waals surface area contributed by atoms with Gasteiger partial charge in [0.25, 0.3) is 0 Å². The van der Waals surface area contributed by atoms with Crippen molar-refractivity contribution in [2.75, 3.05) is 19.3 Å². The van der Waals surface area contributed by atoms with E-state index in [1.54, 1.807) is 16.7 Å². The standard InChI is InChI=1S/C15H22N2O2S/c1-20-11-13-5-2-4-12(8-13)9-16-15(19)17-7-3-6-14(18)10-17/h2,4-5,8,14,18H,3,6-7,9-11H2,1H3,(H,16,19). The number of amides is 2. The van der Waals surface area contributed by atoms with Crippen molar-refractivity contribution < 1.29 is 9.90 Å². The zero-order valence-electron chi connectivity index (χ0n) is 11.8. The molecule has 0 aliphatic carbocycles. The number of piperidine rings is 1. The second-order valence-corrected chi connectivity index (χ2v) is 6.02. The van der Waals surface area contributed by atoms with E-state index in [1.165, 1.54) is 5.56 Å². The molecule has 1 heterocycles. The maximum absolute atomic E-state index is 12.0. The van der Waals surface area contributed by atoms with Gasteiger partial charge in [0.1, 0.15) is 0 Å². The Morgan fingerprint density at radius 3 is 3.05 bits per heavy atom. The van der Waals surface area contributed by atoms with Crippen molar-refractivity contribution in [3.63, 3.8) is 0 Å². The van der Waals surface area contributed by atoms with Crippen molar-refractivity contribution in [3.8, 4) is 0 Å². The van der Waals surface area contributed by atoms with Crippen molar-refractivity contribution in [2.24, 2.45) is 0 Å². The maximum atomic E-state index is 12.0. The molecule has 1 atom stereocenters. The number of hydrogen-bond donors (Lipinski definition) is 2. The largest absolute Gasteiger partial charge is 0.391 e. The molecule has 1 aromatic carbocycles. The zero-order chi connectivity index (χ0) is 14.4. The number of thioether (sulfide) groups is 1. The van der Waals surface area contributed by atoms with Crippen LogP contribution < -0.4 is 5.32 Å². The highest BCUT2D eigenvalue weighted by atomic mass is 32.2. The Balaban J connectivity index is 1.85. The van der Waals surface area contributed by atoms with Crippen LogP contribution in [0, 0.1) is 0 Å². The molecule has 4 nitrogen and oxygen atoms in total. The van der Waals surface area contributed by atoms with Gasteiger partial charge in [-0.1, -0.05) is 24.3 Å². The van der Waals surface area contributed by atoms with Crippen molar-refractivity contribution in [1.29, 1.82) is 0 Å². The molecule has 20 heavy (non-hydrogen) atoms. The number of β-amino-alcohol motifs (C(OH)–C–C–N with tert-alkyl or cyclic N) is 1. The molecule has 2 rings (SSSR count). The number of nitrogens with one attached hydrogen (secondary N) is 1. The first-order valence-electron chi connectivity index (χ1n) is 6.96. The fraction of sp³-hybridized carbons (Fsp3) is 0.533. The smallest absolute Gasteiger partial charge is 0.317 e. The Morgan fingerprint density at radius 1 is 1.50 bits per heavy atom. The minimum Gasteiger partial charge on any atom is -0.391 e. The Morgan fingerprint density at radius 2 is 2.30 bits per heavy atom. The molecular formula is C15H22N2O2S. The first kappa shape index (κ1) is 15.2. The molecule has 0 radical (unpaired) electrons. The van der Waals surface area contributed by atoms with Crippen molar-refractivity contribution in [3.05, 3.63) is 35.4 Å². The summed E-state index contributed by atoms with van der Waals surface area (Å²) < 4.78 is 0. The van der Waals surface area contributed by atoms with E-state index in [0.717, 1.165) is 30.7 Å². The molecule has 1 unspecified atom stereocenters. The van der Waals surface area contributed by atoms with Crippen LogP contribution in [-0.4, -0.2) is 41.5 Å². The molecule has 1 aliphatic heterocycles. The summed E-state index contributed by atoms with van der Waals surface area (Å²) in [6.07, 6.45) is 3.37. The van der Waals surface area contributed by atoms with Gasteiger partial charge in [-0.25, -0.2) is 4.79 Å². The average Bonchev–Trinajstić information content (AvgIpc) is 2.45. The van der Waals surface area contributed by atoms with Crippen LogP contribution in [0.3, 0.4) is 0 Å². The highest BCUT2D eigenvalue weighted by molar-refractivity contribution is 7.97. The number of likely N-dealkylation sites (tertiary alicyclic amines) is 1. The van der Waals surface area contributed by atoms with Crippen molar-refractivity contribution in [2.45, 2.75) is 31.2 Å². The van der Waals surface area contributed by atoms with E-state index in [9.17, 15) is 9.90 Å².